The van der Waals surface area contributed by atoms with Gasteiger partial charge in [-0.3, -0.25) is 10.3 Å². The van der Waals surface area contributed by atoms with Gasteiger partial charge < -0.3 is 10.7 Å². The summed E-state index contributed by atoms with van der Waals surface area (Å²) in [7, 11) is 0. The molecule has 1 aliphatic carbocycles. The minimum absolute atomic E-state index is 0.00209. The number of aryl methyl sites for hydroxylation is 2. The first-order valence-electron chi connectivity index (χ1n) is 10.6. The standard InChI is InChI=1S/C27H22N4/c28-27(29)31(25-15-14-18-13-12-17-7-5-9-21(25)26(17)18)24-11-4-2-8-20(24)23-16-19-6-1-3-10-22(19)30-23/h1-11,14-16,30H,12-13H2,(H3,28,29). The molecule has 0 saturated carbocycles. The van der Waals surface area contributed by atoms with E-state index in [2.05, 4.69) is 59.6 Å². The maximum Gasteiger partial charge on any atom is 0.197 e. The Morgan fingerprint density at radius 3 is 2.42 bits per heavy atom. The van der Waals surface area contributed by atoms with Crippen LogP contribution in [-0.4, -0.2) is 10.9 Å². The molecule has 1 aliphatic rings. The number of hydrogen-bond acceptors (Lipinski definition) is 1. The van der Waals surface area contributed by atoms with E-state index in [-0.39, 0.29) is 5.96 Å². The minimum atomic E-state index is 0.00209. The van der Waals surface area contributed by atoms with Crippen LogP contribution in [-0.2, 0) is 12.8 Å². The molecule has 1 heterocycles. The number of H-pyrrole nitrogens is 1. The molecule has 0 spiro atoms. The molecule has 150 valence electrons. The molecule has 5 aromatic rings. The third-order valence-electron chi connectivity index (χ3n) is 6.30. The average Bonchev–Trinajstić information content (AvgIpc) is 3.41. The summed E-state index contributed by atoms with van der Waals surface area (Å²) in [6.45, 7) is 0. The minimum Gasteiger partial charge on any atom is -0.369 e. The number of aromatic nitrogens is 1. The lowest BCUT2D eigenvalue weighted by Crippen LogP contribution is -2.32. The predicted molar refractivity (Wildman–Crippen MR) is 129 cm³/mol. The van der Waals surface area contributed by atoms with Crippen LogP contribution in [0.3, 0.4) is 0 Å². The van der Waals surface area contributed by atoms with Gasteiger partial charge in [-0.05, 0) is 53.6 Å². The van der Waals surface area contributed by atoms with E-state index in [1.54, 1.807) is 0 Å². The number of nitrogens with one attached hydrogen (secondary N) is 2. The van der Waals surface area contributed by atoms with Crippen molar-refractivity contribution in [3.63, 3.8) is 0 Å². The SMILES string of the molecule is N=C(N)N(c1ccccc1-c1cc2ccccc2[nH]1)c1ccc2c3c(cccc13)CC2. The first-order chi connectivity index (χ1) is 15.2. The van der Waals surface area contributed by atoms with Crippen molar-refractivity contribution in [1.82, 2.24) is 4.98 Å². The van der Waals surface area contributed by atoms with Crippen molar-refractivity contribution in [3.8, 4) is 11.3 Å². The molecule has 31 heavy (non-hydrogen) atoms. The largest absolute Gasteiger partial charge is 0.369 e. The number of hydrogen-bond donors (Lipinski definition) is 3. The van der Waals surface area contributed by atoms with Crippen molar-refractivity contribution in [2.24, 2.45) is 5.73 Å². The highest BCUT2D eigenvalue weighted by Gasteiger charge is 2.23. The number of nitrogens with two attached hydrogens (primary N) is 1. The van der Waals surface area contributed by atoms with E-state index in [4.69, 9.17) is 11.1 Å². The Kier molecular flexibility index (Phi) is 3.87. The van der Waals surface area contributed by atoms with Gasteiger partial charge in [0.2, 0.25) is 0 Å². The number of nitrogens with zero attached hydrogens (tertiary/aromatic N) is 1. The monoisotopic (exact) mass is 402 g/mol. The highest BCUT2D eigenvalue weighted by Crippen LogP contribution is 2.41. The summed E-state index contributed by atoms with van der Waals surface area (Å²) in [5.74, 6) is 0.00209. The molecule has 4 N–H and O–H groups in total. The van der Waals surface area contributed by atoms with Crippen molar-refractivity contribution < 1.29 is 0 Å². The number of guanidine groups is 1. The van der Waals surface area contributed by atoms with Gasteiger partial charge in [0.15, 0.2) is 5.96 Å². The molecule has 4 aromatic carbocycles. The Balaban J connectivity index is 1.59. The van der Waals surface area contributed by atoms with Crippen LogP contribution in [0.5, 0.6) is 0 Å². The highest BCUT2D eigenvalue weighted by molar-refractivity contribution is 6.11. The molecule has 0 fully saturated rings. The van der Waals surface area contributed by atoms with Crippen LogP contribution >= 0.6 is 0 Å². The molecule has 0 atom stereocenters. The zero-order valence-corrected chi connectivity index (χ0v) is 17.0. The maximum atomic E-state index is 8.48. The number of rotatable bonds is 3. The molecule has 6 rings (SSSR count). The second-order valence-corrected chi connectivity index (χ2v) is 8.09. The normalized spacial score (nSPS) is 12.5. The third kappa shape index (κ3) is 2.72. The van der Waals surface area contributed by atoms with Crippen molar-refractivity contribution >= 4 is 39.0 Å². The van der Waals surface area contributed by atoms with Crippen molar-refractivity contribution in [2.45, 2.75) is 12.8 Å². The molecule has 4 heteroatoms. The number of para-hydroxylation sites is 2. The van der Waals surface area contributed by atoms with Crippen LogP contribution in [0.2, 0.25) is 0 Å². The third-order valence-corrected chi connectivity index (χ3v) is 6.30. The van der Waals surface area contributed by atoms with Crippen molar-refractivity contribution in [3.05, 3.63) is 96.1 Å². The van der Waals surface area contributed by atoms with Crippen LogP contribution in [0.4, 0.5) is 11.4 Å². The van der Waals surface area contributed by atoms with E-state index < -0.39 is 0 Å². The zero-order valence-electron chi connectivity index (χ0n) is 17.0. The Labute approximate surface area is 180 Å². The van der Waals surface area contributed by atoms with Crippen LogP contribution in [0.15, 0.2) is 84.9 Å². The van der Waals surface area contributed by atoms with Gasteiger partial charge in [0.05, 0.1) is 11.4 Å². The summed E-state index contributed by atoms with van der Waals surface area (Å²) in [6.07, 6.45) is 2.14. The fraction of sp³-hybridized carbons (Fsp3) is 0.0741. The van der Waals surface area contributed by atoms with Crippen LogP contribution in [0, 0.1) is 5.41 Å². The van der Waals surface area contributed by atoms with Crippen LogP contribution in [0.1, 0.15) is 11.1 Å². The molecule has 4 nitrogen and oxygen atoms in total. The smallest absolute Gasteiger partial charge is 0.197 e. The van der Waals surface area contributed by atoms with Crippen molar-refractivity contribution in [2.75, 3.05) is 4.90 Å². The van der Waals surface area contributed by atoms with Crippen LogP contribution < -0.4 is 10.6 Å². The van der Waals surface area contributed by atoms with E-state index in [1.165, 1.54) is 16.5 Å². The average molecular weight is 403 g/mol. The second kappa shape index (κ2) is 6.74. The fourth-order valence-corrected chi connectivity index (χ4v) is 4.93. The van der Waals surface area contributed by atoms with Gasteiger partial charge in [-0.2, -0.15) is 0 Å². The first kappa shape index (κ1) is 17.8. The van der Waals surface area contributed by atoms with Crippen molar-refractivity contribution in [1.29, 1.82) is 5.41 Å². The predicted octanol–water partition coefficient (Wildman–Crippen LogP) is 6.12. The van der Waals surface area contributed by atoms with Gasteiger partial charge in [0, 0.05) is 27.5 Å². The summed E-state index contributed by atoms with van der Waals surface area (Å²) in [5, 5.41) is 12.1. The van der Waals surface area contributed by atoms with E-state index >= 15 is 0 Å². The lowest BCUT2D eigenvalue weighted by atomic mass is 10.0. The lowest BCUT2D eigenvalue weighted by Gasteiger charge is -2.27. The molecular formula is C27H22N4. The van der Waals surface area contributed by atoms with Gasteiger partial charge in [0.1, 0.15) is 0 Å². The molecule has 0 unspecified atom stereocenters. The topological polar surface area (TPSA) is 68.9 Å². The van der Waals surface area contributed by atoms with Gasteiger partial charge in [0.25, 0.3) is 0 Å². The highest BCUT2D eigenvalue weighted by atomic mass is 15.2. The van der Waals surface area contributed by atoms with Gasteiger partial charge >= 0.3 is 0 Å². The van der Waals surface area contributed by atoms with E-state index in [0.29, 0.717) is 0 Å². The summed E-state index contributed by atoms with van der Waals surface area (Å²) in [5.41, 5.74) is 13.9. The molecule has 0 amide bonds. The second-order valence-electron chi connectivity index (χ2n) is 8.09. The molecule has 0 bridgehead atoms. The molecular weight excluding hydrogens is 380 g/mol. The lowest BCUT2D eigenvalue weighted by molar-refractivity contribution is 1.02. The van der Waals surface area contributed by atoms with E-state index in [9.17, 15) is 0 Å². The maximum absolute atomic E-state index is 8.48. The summed E-state index contributed by atoms with van der Waals surface area (Å²) in [4.78, 5) is 5.39. The van der Waals surface area contributed by atoms with E-state index in [1.807, 2.05) is 35.2 Å². The first-order valence-corrected chi connectivity index (χ1v) is 10.6. The Morgan fingerprint density at radius 1 is 0.806 bits per heavy atom. The molecule has 1 aromatic heterocycles. The van der Waals surface area contributed by atoms with E-state index in [0.717, 1.165) is 51.8 Å². The Hall–Kier alpha value is -4.05. The number of fused-ring (bicyclic) bond motifs is 1. The summed E-state index contributed by atoms with van der Waals surface area (Å²) in [6, 6.07) is 29.3. The van der Waals surface area contributed by atoms with Gasteiger partial charge in [-0.1, -0.05) is 60.7 Å². The Morgan fingerprint density at radius 2 is 1.58 bits per heavy atom. The zero-order chi connectivity index (χ0) is 20.9. The summed E-state index contributed by atoms with van der Waals surface area (Å²) < 4.78 is 0. The quantitative estimate of drug-likeness (QED) is 0.251. The molecule has 0 saturated heterocycles. The molecule has 0 aliphatic heterocycles. The number of anilines is 2. The summed E-state index contributed by atoms with van der Waals surface area (Å²) >= 11 is 0. The fourth-order valence-electron chi connectivity index (χ4n) is 4.93. The van der Waals surface area contributed by atoms with Crippen LogP contribution in [0.25, 0.3) is 32.9 Å². The number of benzene rings is 4. The molecule has 0 radical (unpaired) electrons. The van der Waals surface area contributed by atoms with Gasteiger partial charge in [-0.25, -0.2) is 0 Å². The number of aromatic amines is 1. The van der Waals surface area contributed by atoms with Gasteiger partial charge in [-0.15, -0.1) is 0 Å². The Bertz CT molecular complexity index is 1430.